The molecule has 0 saturated heterocycles. The minimum atomic E-state index is -0.281. The number of imidazole rings is 1. The largest absolute Gasteiger partial charge is 0.486 e. The van der Waals surface area contributed by atoms with Crippen LogP contribution in [0.15, 0.2) is 68.0 Å². The minimum Gasteiger partial charge on any atom is -0.486 e. The molecule has 0 aliphatic heterocycles. The highest BCUT2D eigenvalue weighted by Crippen LogP contribution is 2.23. The second-order valence-corrected chi connectivity index (χ2v) is 8.52. The van der Waals surface area contributed by atoms with Gasteiger partial charge in [-0.15, -0.1) is 0 Å². The van der Waals surface area contributed by atoms with Crippen LogP contribution in [0.1, 0.15) is 25.3 Å². The predicted molar refractivity (Wildman–Crippen MR) is 138 cm³/mol. The number of rotatable bonds is 7. The molecule has 178 valence electrons. The van der Waals surface area contributed by atoms with Crippen molar-refractivity contribution >= 4 is 32.9 Å². The number of benzene rings is 2. The molecular weight excluding hydrogens is 510 g/mol. The van der Waals surface area contributed by atoms with E-state index in [1.54, 1.807) is 17.7 Å². The SMILES string of the molecule is CCCCn1c(=O)[nH]/c(=N\C(COc2ccc(-c3cccc(C#N)c3)cc2)=N/C)c2[nH]c(Br)nc21. The molecule has 2 N–H and O–H groups in total. The summed E-state index contributed by atoms with van der Waals surface area (Å²) in [4.78, 5) is 31.8. The highest BCUT2D eigenvalue weighted by atomic mass is 79.9. The van der Waals surface area contributed by atoms with E-state index in [1.165, 1.54) is 0 Å². The van der Waals surface area contributed by atoms with Crippen LogP contribution in [0.4, 0.5) is 0 Å². The van der Waals surface area contributed by atoms with Crippen LogP contribution < -0.4 is 15.9 Å². The lowest BCUT2D eigenvalue weighted by atomic mass is 10.0. The topological polar surface area (TPSA) is 124 Å². The molecule has 10 heteroatoms. The van der Waals surface area contributed by atoms with Gasteiger partial charge in [0.2, 0.25) is 0 Å². The average Bonchev–Trinajstić information content (AvgIpc) is 3.28. The Morgan fingerprint density at radius 2 is 2.00 bits per heavy atom. The van der Waals surface area contributed by atoms with Crippen molar-refractivity contribution in [1.82, 2.24) is 19.5 Å². The van der Waals surface area contributed by atoms with Crippen LogP contribution in [0.2, 0.25) is 0 Å². The number of hydrogen-bond acceptors (Lipinski definition) is 5. The highest BCUT2D eigenvalue weighted by molar-refractivity contribution is 9.10. The molecule has 2 aromatic carbocycles. The maximum Gasteiger partial charge on any atom is 0.328 e. The molecular formula is C25H24BrN7O2. The van der Waals surface area contributed by atoms with E-state index in [0.717, 1.165) is 24.0 Å². The van der Waals surface area contributed by atoms with Crippen LogP contribution in [0.3, 0.4) is 0 Å². The van der Waals surface area contributed by atoms with Crippen LogP contribution in [-0.4, -0.2) is 39.0 Å². The van der Waals surface area contributed by atoms with E-state index in [-0.39, 0.29) is 12.3 Å². The third-order valence-corrected chi connectivity index (χ3v) is 5.78. The van der Waals surface area contributed by atoms with Gasteiger partial charge in [0.05, 0.1) is 11.6 Å². The molecule has 35 heavy (non-hydrogen) atoms. The number of aryl methyl sites for hydroxylation is 1. The second-order valence-electron chi connectivity index (χ2n) is 7.77. The van der Waals surface area contributed by atoms with Crippen molar-refractivity contribution in [3.8, 4) is 22.9 Å². The van der Waals surface area contributed by atoms with Gasteiger partial charge in [-0.05, 0) is 57.7 Å². The number of unbranched alkanes of at least 4 members (excludes halogenated alkanes) is 1. The van der Waals surface area contributed by atoms with Gasteiger partial charge in [0.15, 0.2) is 21.7 Å². The minimum absolute atomic E-state index is 0.114. The standard InChI is InChI=1S/C25H24BrN7O2/c1-3-4-12-33-23-21(30-24(26)32-23)22(31-25(33)34)29-20(28-2)15-35-19-10-8-17(9-11-19)18-7-5-6-16(13-18)14-27/h5-11,13H,3-4,12,15H2,1-2H3,(H,30,32)(H,28,29,31,34). The zero-order chi connectivity index (χ0) is 24.8. The summed E-state index contributed by atoms with van der Waals surface area (Å²) in [6, 6.07) is 17.2. The summed E-state index contributed by atoms with van der Waals surface area (Å²) in [5, 5.41) is 9.11. The Kier molecular flexibility index (Phi) is 7.57. The lowest BCUT2D eigenvalue weighted by Gasteiger charge is -2.08. The second kappa shape index (κ2) is 11.0. The van der Waals surface area contributed by atoms with Crippen LogP contribution in [0.25, 0.3) is 22.3 Å². The molecule has 0 unspecified atom stereocenters. The quantitative estimate of drug-likeness (QED) is 0.210. The van der Waals surface area contributed by atoms with E-state index in [1.807, 2.05) is 42.5 Å². The van der Waals surface area contributed by atoms with Crippen LogP contribution in [0.5, 0.6) is 5.75 Å². The van der Waals surface area contributed by atoms with Crippen molar-refractivity contribution in [3.63, 3.8) is 0 Å². The molecule has 0 spiro atoms. The van der Waals surface area contributed by atoms with Gasteiger partial charge in [0, 0.05) is 13.6 Å². The average molecular weight is 534 g/mol. The van der Waals surface area contributed by atoms with Crippen molar-refractivity contribution in [3.05, 3.63) is 74.8 Å². The first-order valence-corrected chi connectivity index (χ1v) is 11.9. The molecule has 4 aromatic rings. The van der Waals surface area contributed by atoms with Crippen molar-refractivity contribution in [2.45, 2.75) is 26.3 Å². The maximum atomic E-state index is 12.7. The molecule has 2 aromatic heterocycles. The van der Waals surface area contributed by atoms with E-state index in [9.17, 15) is 4.79 Å². The highest BCUT2D eigenvalue weighted by Gasteiger charge is 2.12. The summed E-state index contributed by atoms with van der Waals surface area (Å²) >= 11 is 3.35. The number of ether oxygens (including phenoxy) is 1. The summed E-state index contributed by atoms with van der Waals surface area (Å²) in [7, 11) is 1.62. The Morgan fingerprint density at radius 3 is 2.71 bits per heavy atom. The van der Waals surface area contributed by atoms with Crippen molar-refractivity contribution < 1.29 is 4.74 Å². The van der Waals surface area contributed by atoms with E-state index in [0.29, 0.717) is 45.1 Å². The van der Waals surface area contributed by atoms with Crippen LogP contribution in [-0.2, 0) is 6.54 Å². The number of aromatic nitrogens is 4. The predicted octanol–water partition coefficient (Wildman–Crippen LogP) is 4.16. The number of amidine groups is 1. The van der Waals surface area contributed by atoms with Gasteiger partial charge in [0.25, 0.3) is 0 Å². The number of halogens is 1. The molecule has 0 fully saturated rings. The third-order valence-electron chi connectivity index (χ3n) is 5.40. The molecule has 0 radical (unpaired) electrons. The zero-order valence-corrected chi connectivity index (χ0v) is 21.0. The molecule has 0 saturated carbocycles. The fourth-order valence-corrected chi connectivity index (χ4v) is 3.93. The van der Waals surface area contributed by atoms with Crippen LogP contribution >= 0.6 is 15.9 Å². The molecule has 0 amide bonds. The number of nitrogens with zero attached hydrogens (tertiary/aromatic N) is 5. The summed E-state index contributed by atoms with van der Waals surface area (Å²) in [5.74, 6) is 1.06. The lowest BCUT2D eigenvalue weighted by Crippen LogP contribution is -2.32. The van der Waals surface area contributed by atoms with E-state index < -0.39 is 0 Å². The first-order valence-electron chi connectivity index (χ1n) is 11.1. The number of fused-ring (bicyclic) bond motifs is 1. The first-order chi connectivity index (χ1) is 17.0. The van der Waals surface area contributed by atoms with Gasteiger partial charge in [-0.1, -0.05) is 37.6 Å². The molecule has 0 aliphatic carbocycles. The van der Waals surface area contributed by atoms with Gasteiger partial charge in [0.1, 0.15) is 17.9 Å². The van der Waals surface area contributed by atoms with Gasteiger partial charge >= 0.3 is 5.69 Å². The van der Waals surface area contributed by atoms with Gasteiger partial charge in [-0.3, -0.25) is 14.5 Å². The normalized spacial score (nSPS) is 12.2. The first kappa shape index (κ1) is 24.2. The Labute approximate surface area is 210 Å². The maximum absolute atomic E-state index is 12.7. The number of nitriles is 1. The van der Waals surface area contributed by atoms with E-state index in [4.69, 9.17) is 10.00 Å². The molecule has 9 nitrogen and oxygen atoms in total. The molecule has 0 bridgehead atoms. The summed E-state index contributed by atoms with van der Waals surface area (Å²) in [6.45, 7) is 2.75. The molecule has 0 atom stereocenters. The number of nitrogens with one attached hydrogen (secondary N) is 2. The van der Waals surface area contributed by atoms with E-state index >= 15 is 0 Å². The number of aliphatic imine (C=N–C) groups is 1. The smallest absolute Gasteiger partial charge is 0.328 e. The Morgan fingerprint density at radius 1 is 1.20 bits per heavy atom. The molecule has 0 aliphatic rings. The van der Waals surface area contributed by atoms with Crippen molar-refractivity contribution in [2.75, 3.05) is 13.7 Å². The monoisotopic (exact) mass is 533 g/mol. The van der Waals surface area contributed by atoms with Gasteiger partial charge in [-0.25, -0.2) is 14.8 Å². The summed E-state index contributed by atoms with van der Waals surface area (Å²) < 4.78 is 8.00. The van der Waals surface area contributed by atoms with Crippen molar-refractivity contribution in [1.29, 1.82) is 5.26 Å². The van der Waals surface area contributed by atoms with Crippen molar-refractivity contribution in [2.24, 2.45) is 9.98 Å². The lowest BCUT2D eigenvalue weighted by molar-refractivity contribution is 0.375. The fraction of sp³-hybridized carbons (Fsp3) is 0.240. The van der Waals surface area contributed by atoms with Gasteiger partial charge in [-0.2, -0.15) is 5.26 Å². The van der Waals surface area contributed by atoms with Gasteiger partial charge < -0.3 is 9.72 Å². The molecule has 4 rings (SSSR count). The number of hydrogen-bond donors (Lipinski definition) is 2. The summed E-state index contributed by atoms with van der Waals surface area (Å²) in [5.41, 5.74) is 3.75. The third kappa shape index (κ3) is 5.58. The molecule has 2 heterocycles. The summed E-state index contributed by atoms with van der Waals surface area (Å²) in [6.07, 6.45) is 1.82. The fourth-order valence-electron chi connectivity index (χ4n) is 3.57. The Bertz CT molecular complexity index is 1540. The zero-order valence-electron chi connectivity index (χ0n) is 19.4. The van der Waals surface area contributed by atoms with E-state index in [2.05, 4.69) is 53.9 Å². The Hall–Kier alpha value is -3.97. The van der Waals surface area contributed by atoms with Crippen LogP contribution in [0, 0.1) is 11.3 Å². The Balaban J connectivity index is 1.55. The number of H-pyrrole nitrogens is 2. The number of aromatic amines is 2.